The van der Waals surface area contributed by atoms with E-state index in [1.54, 1.807) is 19.1 Å². The van der Waals surface area contributed by atoms with Crippen molar-refractivity contribution >= 4 is 39.7 Å². The van der Waals surface area contributed by atoms with Gasteiger partial charge in [0.1, 0.15) is 0 Å². The van der Waals surface area contributed by atoms with Crippen LogP contribution in [-0.2, 0) is 10.1 Å². The zero-order valence-corrected chi connectivity index (χ0v) is 10.7. The smallest absolute Gasteiger partial charge is 0.282 e. The van der Waals surface area contributed by atoms with Crippen molar-refractivity contribution in [2.24, 2.45) is 0 Å². The van der Waals surface area contributed by atoms with Gasteiger partial charge in [-0.05, 0) is 25.5 Å². The summed E-state index contributed by atoms with van der Waals surface area (Å²) in [6, 6.07) is 4.76. The van der Waals surface area contributed by atoms with Crippen molar-refractivity contribution in [2.75, 3.05) is 0 Å². The molecule has 0 amide bonds. The van der Waals surface area contributed by atoms with E-state index in [9.17, 15) is 8.42 Å². The minimum atomic E-state index is -4.05. The van der Waals surface area contributed by atoms with Crippen LogP contribution < -0.4 is 0 Å². The van der Waals surface area contributed by atoms with Gasteiger partial charge in [-0.15, -0.1) is 0 Å². The summed E-state index contributed by atoms with van der Waals surface area (Å²) < 4.78 is 30.2. The molecular formula is C8H10NaO3S. The fraction of sp³-hybridized carbons (Fsp3) is 0.250. The van der Waals surface area contributed by atoms with Crippen LogP contribution in [-0.4, -0.2) is 42.5 Å². The SMILES string of the molecule is Cc1ccc(S(=O)(=O)O)c(C)c1.[Na]. The van der Waals surface area contributed by atoms with Gasteiger partial charge in [0.2, 0.25) is 0 Å². The molecular weight excluding hydrogens is 199 g/mol. The quantitative estimate of drug-likeness (QED) is 0.558. The molecule has 1 aromatic rings. The predicted octanol–water partition coefficient (Wildman–Crippen LogP) is 1.17. The standard InChI is InChI=1S/C8H10O3S.Na/c1-6-3-4-8(7(2)5-6)12(9,10)11;/h3-5H,1-2H3,(H,9,10,11);. The molecule has 5 heteroatoms. The number of benzene rings is 1. The largest absolute Gasteiger partial charge is 0.294 e. The molecule has 0 heterocycles. The third kappa shape index (κ3) is 3.40. The molecule has 0 saturated carbocycles. The zero-order valence-electron chi connectivity index (χ0n) is 7.90. The molecule has 1 rings (SSSR count). The molecule has 0 aliphatic carbocycles. The van der Waals surface area contributed by atoms with E-state index in [2.05, 4.69) is 0 Å². The summed E-state index contributed by atoms with van der Waals surface area (Å²) in [5.41, 5.74) is 1.54. The van der Waals surface area contributed by atoms with E-state index in [0.29, 0.717) is 5.56 Å². The Bertz CT molecular complexity index is 398. The summed E-state index contributed by atoms with van der Waals surface area (Å²) in [4.78, 5) is -0.0203. The first-order chi connectivity index (χ1) is 5.41. The molecule has 0 aliphatic rings. The van der Waals surface area contributed by atoms with Crippen molar-refractivity contribution in [2.45, 2.75) is 18.7 Å². The van der Waals surface area contributed by atoms with Gasteiger partial charge >= 0.3 is 0 Å². The Kier molecular flexibility index (Phi) is 4.62. The second-order valence-corrected chi connectivity index (χ2v) is 4.13. The van der Waals surface area contributed by atoms with E-state index in [-0.39, 0.29) is 34.5 Å². The van der Waals surface area contributed by atoms with Crippen molar-refractivity contribution in [3.8, 4) is 0 Å². The minimum absolute atomic E-state index is 0. The second kappa shape index (κ2) is 4.57. The van der Waals surface area contributed by atoms with Crippen LogP contribution in [0.5, 0.6) is 0 Å². The maximum atomic E-state index is 10.7. The third-order valence-corrected chi connectivity index (χ3v) is 2.62. The Balaban J connectivity index is 0.00000144. The van der Waals surface area contributed by atoms with Gasteiger partial charge in [-0.1, -0.05) is 17.7 Å². The van der Waals surface area contributed by atoms with Gasteiger partial charge in [-0.25, -0.2) is 0 Å². The van der Waals surface area contributed by atoms with Crippen LogP contribution in [0.1, 0.15) is 11.1 Å². The first-order valence-corrected chi connectivity index (χ1v) is 4.90. The average Bonchev–Trinajstić information content (AvgIpc) is 1.83. The fourth-order valence-electron chi connectivity index (χ4n) is 1.09. The Morgan fingerprint density at radius 3 is 2.15 bits per heavy atom. The van der Waals surface area contributed by atoms with Crippen molar-refractivity contribution < 1.29 is 13.0 Å². The van der Waals surface area contributed by atoms with Gasteiger partial charge in [0.15, 0.2) is 0 Å². The molecule has 1 N–H and O–H groups in total. The van der Waals surface area contributed by atoms with Gasteiger partial charge in [0, 0.05) is 29.6 Å². The molecule has 0 unspecified atom stereocenters. The molecule has 3 nitrogen and oxygen atoms in total. The van der Waals surface area contributed by atoms with Crippen LogP contribution in [0.25, 0.3) is 0 Å². The van der Waals surface area contributed by atoms with Crippen molar-refractivity contribution in [3.63, 3.8) is 0 Å². The van der Waals surface area contributed by atoms with Crippen LogP contribution >= 0.6 is 0 Å². The average molecular weight is 209 g/mol. The Morgan fingerprint density at radius 2 is 1.77 bits per heavy atom. The molecule has 0 aromatic heterocycles. The van der Waals surface area contributed by atoms with E-state index in [4.69, 9.17) is 4.55 Å². The van der Waals surface area contributed by atoms with Crippen LogP contribution in [0.2, 0.25) is 0 Å². The molecule has 0 atom stereocenters. The topological polar surface area (TPSA) is 54.4 Å². The van der Waals surface area contributed by atoms with Crippen LogP contribution in [0, 0.1) is 13.8 Å². The first kappa shape index (κ1) is 13.1. The molecule has 0 aliphatic heterocycles. The van der Waals surface area contributed by atoms with Crippen LogP contribution in [0.4, 0.5) is 0 Å². The van der Waals surface area contributed by atoms with Gasteiger partial charge in [-0.3, -0.25) is 4.55 Å². The number of rotatable bonds is 1. The summed E-state index contributed by atoms with van der Waals surface area (Å²) in [6.07, 6.45) is 0. The number of hydrogen-bond donors (Lipinski definition) is 1. The van der Waals surface area contributed by atoms with Crippen molar-refractivity contribution in [3.05, 3.63) is 29.3 Å². The summed E-state index contributed by atoms with van der Waals surface area (Å²) >= 11 is 0. The van der Waals surface area contributed by atoms with Gasteiger partial charge in [0.25, 0.3) is 10.1 Å². The fourth-order valence-corrected chi connectivity index (χ4v) is 1.79. The van der Waals surface area contributed by atoms with E-state index in [0.717, 1.165) is 5.56 Å². The van der Waals surface area contributed by atoms with E-state index >= 15 is 0 Å². The maximum absolute atomic E-state index is 10.7. The first-order valence-electron chi connectivity index (χ1n) is 3.46. The number of aryl methyl sites for hydroxylation is 2. The molecule has 0 fully saturated rings. The molecule has 1 radical (unpaired) electrons. The minimum Gasteiger partial charge on any atom is -0.282 e. The van der Waals surface area contributed by atoms with E-state index < -0.39 is 10.1 Å². The second-order valence-electron chi connectivity index (χ2n) is 2.74. The summed E-state index contributed by atoms with van der Waals surface area (Å²) in [7, 11) is -4.05. The Hall–Kier alpha value is 0.130. The van der Waals surface area contributed by atoms with Gasteiger partial charge in [-0.2, -0.15) is 8.42 Å². The Morgan fingerprint density at radius 1 is 1.23 bits per heavy atom. The third-order valence-electron chi connectivity index (χ3n) is 1.61. The molecule has 0 saturated heterocycles. The van der Waals surface area contributed by atoms with Crippen LogP contribution in [0.15, 0.2) is 23.1 Å². The zero-order chi connectivity index (χ0) is 9.35. The summed E-state index contributed by atoms with van der Waals surface area (Å²) in [6.45, 7) is 3.51. The molecule has 0 spiro atoms. The van der Waals surface area contributed by atoms with Gasteiger partial charge in [0.05, 0.1) is 4.90 Å². The monoisotopic (exact) mass is 209 g/mol. The Labute approximate surface area is 100 Å². The van der Waals surface area contributed by atoms with Crippen molar-refractivity contribution in [1.29, 1.82) is 0 Å². The molecule has 13 heavy (non-hydrogen) atoms. The number of hydrogen-bond acceptors (Lipinski definition) is 2. The van der Waals surface area contributed by atoms with Crippen molar-refractivity contribution in [1.82, 2.24) is 0 Å². The summed E-state index contributed by atoms with van der Waals surface area (Å²) in [5.74, 6) is 0. The molecule has 1 aromatic carbocycles. The van der Waals surface area contributed by atoms with E-state index in [1.165, 1.54) is 6.07 Å². The molecule has 67 valence electrons. The molecule has 0 bridgehead atoms. The predicted molar refractivity (Wildman–Crippen MR) is 51.5 cm³/mol. The normalized spacial score (nSPS) is 10.7. The summed E-state index contributed by atoms with van der Waals surface area (Å²) in [5, 5.41) is 0. The van der Waals surface area contributed by atoms with Crippen LogP contribution in [0.3, 0.4) is 0 Å². The maximum Gasteiger partial charge on any atom is 0.294 e. The van der Waals surface area contributed by atoms with E-state index in [1.807, 2.05) is 6.92 Å². The van der Waals surface area contributed by atoms with Gasteiger partial charge < -0.3 is 0 Å².